The van der Waals surface area contributed by atoms with E-state index in [1.165, 1.54) is 17.7 Å². The van der Waals surface area contributed by atoms with Crippen molar-refractivity contribution in [3.05, 3.63) is 31.8 Å². The highest BCUT2D eigenvalue weighted by Gasteiger charge is 2.27. The Morgan fingerprint density at radius 3 is 2.84 bits per heavy atom. The van der Waals surface area contributed by atoms with Gasteiger partial charge < -0.3 is 9.67 Å². The molecule has 7 heteroatoms. The first-order valence-electron chi connectivity index (χ1n) is 5.78. The summed E-state index contributed by atoms with van der Waals surface area (Å²) in [5.41, 5.74) is 0. The van der Waals surface area contributed by atoms with Gasteiger partial charge in [-0.2, -0.15) is 0 Å². The van der Waals surface area contributed by atoms with Crippen LogP contribution in [0.3, 0.4) is 0 Å². The lowest BCUT2D eigenvalue weighted by molar-refractivity contribution is 0.0701. The van der Waals surface area contributed by atoms with Gasteiger partial charge in [-0.25, -0.2) is 9.79 Å². The zero-order chi connectivity index (χ0) is 13.6. The number of aromatic nitrogens is 1. The maximum atomic E-state index is 10.9. The Kier molecular flexibility index (Phi) is 3.24. The molecule has 1 aliphatic carbocycles. The largest absolute Gasteiger partial charge is 0.477 e. The van der Waals surface area contributed by atoms with E-state index in [0.29, 0.717) is 10.7 Å². The van der Waals surface area contributed by atoms with Crippen LogP contribution < -0.4 is 4.80 Å². The number of hydrogen-bond acceptors (Lipinski definition) is 4. The smallest absolute Gasteiger partial charge is 0.347 e. The summed E-state index contributed by atoms with van der Waals surface area (Å²) in [6.07, 6.45) is 3.98. The monoisotopic (exact) mass is 314 g/mol. The van der Waals surface area contributed by atoms with Crippen LogP contribution in [0.15, 0.2) is 17.3 Å². The Hall–Kier alpha value is -1.11. The van der Waals surface area contributed by atoms with Crippen LogP contribution in [0.25, 0.3) is 0 Å². The fraction of sp³-hybridized carbons (Fsp3) is 0.333. The molecule has 19 heavy (non-hydrogen) atoms. The summed E-state index contributed by atoms with van der Waals surface area (Å²) >= 11 is 8.96. The molecule has 0 unspecified atom stereocenters. The van der Waals surface area contributed by atoms with Crippen molar-refractivity contribution < 1.29 is 9.90 Å². The summed E-state index contributed by atoms with van der Waals surface area (Å²) in [6.45, 7) is 0. The van der Waals surface area contributed by atoms with Gasteiger partial charge in [0, 0.05) is 18.1 Å². The molecule has 3 rings (SSSR count). The molecule has 2 aromatic rings. The third kappa shape index (κ3) is 2.61. The van der Waals surface area contributed by atoms with Crippen molar-refractivity contribution in [1.82, 2.24) is 4.57 Å². The van der Waals surface area contributed by atoms with Gasteiger partial charge in [-0.1, -0.05) is 22.9 Å². The number of thiazole rings is 1. The summed E-state index contributed by atoms with van der Waals surface area (Å²) in [6, 6.07) is 1.86. The SMILES string of the molecule is Cn1cc(C(=O)O)sc1=Nc1cc(Cl)c(C2CC2)s1. The molecule has 0 saturated heterocycles. The normalized spacial score (nSPS) is 16.0. The number of carboxylic acid groups (broad SMARTS) is 1. The van der Waals surface area contributed by atoms with Crippen molar-refractivity contribution in [2.75, 3.05) is 0 Å². The van der Waals surface area contributed by atoms with Gasteiger partial charge in [0.2, 0.25) is 0 Å². The highest BCUT2D eigenvalue weighted by molar-refractivity contribution is 7.16. The number of rotatable bonds is 3. The van der Waals surface area contributed by atoms with E-state index in [9.17, 15) is 4.79 Å². The molecule has 2 heterocycles. The third-order valence-electron chi connectivity index (χ3n) is 2.88. The van der Waals surface area contributed by atoms with E-state index in [0.717, 1.165) is 21.4 Å². The molecule has 0 atom stereocenters. The summed E-state index contributed by atoms with van der Waals surface area (Å²) in [5.74, 6) is -0.321. The van der Waals surface area contributed by atoms with Gasteiger partial charge in [-0.05, 0) is 24.8 Å². The average Bonchev–Trinajstić information content (AvgIpc) is 3.03. The van der Waals surface area contributed by atoms with Crippen LogP contribution >= 0.6 is 34.3 Å². The van der Waals surface area contributed by atoms with Crippen molar-refractivity contribution in [3.63, 3.8) is 0 Å². The van der Waals surface area contributed by atoms with Crippen LogP contribution in [0, 0.1) is 0 Å². The maximum absolute atomic E-state index is 10.9. The molecule has 100 valence electrons. The highest BCUT2D eigenvalue weighted by Crippen LogP contribution is 2.48. The molecular weight excluding hydrogens is 304 g/mol. The van der Waals surface area contributed by atoms with Gasteiger partial charge in [-0.15, -0.1) is 11.3 Å². The topological polar surface area (TPSA) is 54.6 Å². The van der Waals surface area contributed by atoms with Crippen LogP contribution in [-0.2, 0) is 7.05 Å². The van der Waals surface area contributed by atoms with E-state index in [-0.39, 0.29) is 4.88 Å². The number of aryl methyl sites for hydroxylation is 1. The lowest BCUT2D eigenvalue weighted by Gasteiger charge is -1.89. The average molecular weight is 315 g/mol. The van der Waals surface area contributed by atoms with Gasteiger partial charge >= 0.3 is 5.97 Å². The van der Waals surface area contributed by atoms with Crippen molar-refractivity contribution >= 4 is 45.2 Å². The second-order valence-corrected chi connectivity index (χ2v) is 6.96. The first-order chi connectivity index (χ1) is 9.04. The Balaban J connectivity index is 2.00. The second-order valence-electron chi connectivity index (χ2n) is 4.48. The Morgan fingerprint density at radius 1 is 1.53 bits per heavy atom. The van der Waals surface area contributed by atoms with E-state index in [1.54, 1.807) is 29.1 Å². The molecule has 4 nitrogen and oxygen atoms in total. The molecule has 1 saturated carbocycles. The van der Waals surface area contributed by atoms with Crippen molar-refractivity contribution in [2.45, 2.75) is 18.8 Å². The number of carboxylic acids is 1. The number of aromatic carboxylic acids is 1. The number of thiophene rings is 1. The molecular formula is C12H11ClN2O2S2. The van der Waals surface area contributed by atoms with Crippen molar-refractivity contribution in [2.24, 2.45) is 12.0 Å². The van der Waals surface area contributed by atoms with Crippen LogP contribution in [0.4, 0.5) is 5.00 Å². The fourth-order valence-electron chi connectivity index (χ4n) is 1.77. The van der Waals surface area contributed by atoms with E-state index in [4.69, 9.17) is 16.7 Å². The molecule has 1 fully saturated rings. The molecule has 0 aliphatic heterocycles. The van der Waals surface area contributed by atoms with Crippen LogP contribution in [0.1, 0.15) is 33.3 Å². The minimum Gasteiger partial charge on any atom is -0.477 e. The summed E-state index contributed by atoms with van der Waals surface area (Å²) in [5, 5.41) is 10.6. The first-order valence-corrected chi connectivity index (χ1v) is 7.79. The molecule has 0 radical (unpaired) electrons. The van der Waals surface area contributed by atoms with Crippen molar-refractivity contribution in [1.29, 1.82) is 0 Å². The zero-order valence-electron chi connectivity index (χ0n) is 10.1. The molecule has 2 aromatic heterocycles. The molecule has 1 N–H and O–H groups in total. The van der Waals surface area contributed by atoms with E-state index >= 15 is 0 Å². The van der Waals surface area contributed by atoms with Crippen LogP contribution in [-0.4, -0.2) is 15.6 Å². The van der Waals surface area contributed by atoms with Crippen LogP contribution in [0.5, 0.6) is 0 Å². The highest BCUT2D eigenvalue weighted by atomic mass is 35.5. The number of carbonyl (C=O) groups is 1. The summed E-state index contributed by atoms with van der Waals surface area (Å²) < 4.78 is 1.72. The van der Waals surface area contributed by atoms with E-state index < -0.39 is 5.97 Å². The lowest BCUT2D eigenvalue weighted by Crippen LogP contribution is -2.07. The predicted molar refractivity (Wildman–Crippen MR) is 76.8 cm³/mol. The van der Waals surface area contributed by atoms with Crippen LogP contribution in [0.2, 0.25) is 5.02 Å². The molecule has 1 aliphatic rings. The Bertz CT molecular complexity index is 710. The zero-order valence-corrected chi connectivity index (χ0v) is 12.5. The predicted octanol–water partition coefficient (Wildman–Crippen LogP) is 3.61. The number of halogens is 1. The molecule has 0 spiro atoms. The van der Waals surface area contributed by atoms with Crippen molar-refractivity contribution in [3.8, 4) is 0 Å². The first kappa shape index (κ1) is 12.9. The summed E-state index contributed by atoms with van der Waals surface area (Å²) in [4.78, 5) is 17.6. The van der Waals surface area contributed by atoms with E-state index in [2.05, 4.69) is 4.99 Å². The molecule has 0 bridgehead atoms. The minimum atomic E-state index is -0.926. The van der Waals surface area contributed by atoms with Gasteiger partial charge in [0.05, 0.1) is 5.02 Å². The number of nitrogens with zero attached hydrogens (tertiary/aromatic N) is 2. The molecule has 0 aromatic carbocycles. The van der Waals surface area contributed by atoms with Gasteiger partial charge in [0.25, 0.3) is 0 Å². The summed E-state index contributed by atoms with van der Waals surface area (Å²) in [7, 11) is 1.79. The van der Waals surface area contributed by atoms with Gasteiger partial charge in [0.1, 0.15) is 9.88 Å². The lowest BCUT2D eigenvalue weighted by atomic mass is 10.3. The van der Waals surface area contributed by atoms with Gasteiger partial charge in [-0.3, -0.25) is 0 Å². The van der Waals surface area contributed by atoms with E-state index in [1.807, 2.05) is 6.07 Å². The third-order valence-corrected chi connectivity index (χ3v) is 5.56. The number of hydrogen-bond donors (Lipinski definition) is 1. The minimum absolute atomic E-state index is 0.284. The Labute approximate surface area is 122 Å². The standard InChI is InChI=1S/C12H11ClN2O2S2/c1-15-5-8(11(16)17)18-12(15)14-9-4-7(13)10(19-9)6-2-3-6/h4-6H,2-3H2,1H3,(H,16,17). The maximum Gasteiger partial charge on any atom is 0.347 e. The Morgan fingerprint density at radius 2 is 2.26 bits per heavy atom. The molecule has 0 amide bonds. The quantitative estimate of drug-likeness (QED) is 0.941. The second kappa shape index (κ2) is 4.77. The fourth-order valence-corrected chi connectivity index (χ4v) is 4.20. The van der Waals surface area contributed by atoms with Gasteiger partial charge in [0.15, 0.2) is 4.80 Å².